The highest BCUT2D eigenvalue weighted by Crippen LogP contribution is 2.44. The summed E-state index contributed by atoms with van der Waals surface area (Å²) in [4.78, 5) is 13.5. The third kappa shape index (κ3) is 5.61. The van der Waals surface area contributed by atoms with Crippen LogP contribution in [0.3, 0.4) is 0 Å². The van der Waals surface area contributed by atoms with E-state index in [1.54, 1.807) is 0 Å². The van der Waals surface area contributed by atoms with Crippen molar-refractivity contribution in [3.8, 4) is 45.0 Å². The molecule has 20 heteroatoms. The largest absolute Gasteiger partial charge is 0.354 e. The number of fused-ring (bicyclic) bond motifs is 20. The molecule has 9 rings (SSSR count). The third-order valence-electron chi connectivity index (χ3n) is 9.54. The van der Waals surface area contributed by atoms with E-state index in [0.717, 1.165) is 24.3 Å². The van der Waals surface area contributed by atoms with Crippen LogP contribution in [0.4, 0.5) is 0 Å². The van der Waals surface area contributed by atoms with Crippen molar-refractivity contribution < 1.29 is 51.9 Å². The number of rotatable bonds is 4. The minimum Gasteiger partial charge on any atom is -0.354 e. The Kier molecular flexibility index (Phi) is 7.57. The Bertz CT molecular complexity index is 3360. The van der Waals surface area contributed by atoms with Gasteiger partial charge in [-0.25, -0.2) is 9.97 Å². The summed E-state index contributed by atoms with van der Waals surface area (Å²) in [5.41, 5.74) is 0.749. The van der Waals surface area contributed by atoms with Gasteiger partial charge in [0.05, 0.1) is 33.8 Å². The summed E-state index contributed by atoms with van der Waals surface area (Å²) >= 11 is 0. The van der Waals surface area contributed by atoms with Gasteiger partial charge in [0, 0.05) is 54.8 Å². The molecule has 2 aliphatic rings. The second kappa shape index (κ2) is 11.8. The van der Waals surface area contributed by atoms with Crippen LogP contribution in [-0.2, 0) is 40.5 Å². The maximum Gasteiger partial charge on any atom is 0.295 e. The molecule has 0 spiro atoms. The molecule has 7 aromatic rings. The van der Waals surface area contributed by atoms with Gasteiger partial charge in [0.25, 0.3) is 40.5 Å². The molecule has 0 atom stereocenters. The van der Waals surface area contributed by atoms with Crippen molar-refractivity contribution in [3.63, 3.8) is 0 Å². The summed E-state index contributed by atoms with van der Waals surface area (Å²) in [5.74, 6) is 0. The Morgan fingerprint density at radius 1 is 0.393 bits per heavy atom. The van der Waals surface area contributed by atoms with Crippen LogP contribution in [0, 0.1) is 0 Å². The van der Waals surface area contributed by atoms with Gasteiger partial charge in [0.15, 0.2) is 0 Å². The van der Waals surface area contributed by atoms with E-state index in [4.69, 9.17) is 9.97 Å². The molecule has 0 amide bonds. The Balaban J connectivity index is 1.58. The monoisotopic (exact) mass is 830 g/mol. The molecule has 4 aromatic carbocycles. The number of H-pyrrole nitrogens is 2. The van der Waals surface area contributed by atoms with Crippen LogP contribution in [0.1, 0.15) is 0 Å². The van der Waals surface area contributed by atoms with Crippen molar-refractivity contribution in [1.82, 2.24) is 19.9 Å². The van der Waals surface area contributed by atoms with E-state index in [1.807, 2.05) is 0 Å². The fourth-order valence-electron chi connectivity index (χ4n) is 7.41. The van der Waals surface area contributed by atoms with Gasteiger partial charge in [-0.05, 0) is 48.5 Å². The van der Waals surface area contributed by atoms with Crippen LogP contribution in [0.2, 0.25) is 0 Å². The van der Waals surface area contributed by atoms with Gasteiger partial charge >= 0.3 is 0 Å². The molecule has 56 heavy (non-hydrogen) atoms. The zero-order chi connectivity index (χ0) is 39.7. The molecule has 16 nitrogen and oxygen atoms in total. The first kappa shape index (κ1) is 35.8. The smallest absolute Gasteiger partial charge is 0.295 e. The van der Waals surface area contributed by atoms with Gasteiger partial charge in [-0.2, -0.15) is 33.7 Å². The zero-order valence-corrected chi connectivity index (χ0v) is 31.1. The van der Waals surface area contributed by atoms with Crippen LogP contribution in [-0.4, -0.2) is 71.8 Å². The molecular weight excluding hydrogens is 809 g/mol. The minimum atomic E-state index is -4.88. The highest BCUT2D eigenvalue weighted by Gasteiger charge is 2.29. The first-order chi connectivity index (χ1) is 26.3. The lowest BCUT2D eigenvalue weighted by Crippen LogP contribution is -2.00. The second-order valence-electron chi connectivity index (χ2n) is 12.9. The number of benzene rings is 4. The second-order valence-corrected chi connectivity index (χ2v) is 18.4. The molecule has 5 heterocycles. The number of nitrogens with zero attached hydrogens (tertiary/aromatic N) is 2. The number of hydrogen-bond donors (Lipinski definition) is 6. The quantitative estimate of drug-likeness (QED) is 0.107. The predicted octanol–water partition coefficient (Wildman–Crippen LogP) is 6.28. The summed E-state index contributed by atoms with van der Waals surface area (Å²) in [6.07, 6.45) is 0. The Morgan fingerprint density at radius 2 is 0.714 bits per heavy atom. The van der Waals surface area contributed by atoms with Crippen molar-refractivity contribution in [1.29, 1.82) is 0 Å². The minimum absolute atomic E-state index is 0.0202. The molecule has 282 valence electrons. The van der Waals surface area contributed by atoms with Crippen LogP contribution < -0.4 is 0 Å². The average molecular weight is 831 g/mol. The van der Waals surface area contributed by atoms with Crippen LogP contribution >= 0.6 is 0 Å². The number of hydrogen-bond acceptors (Lipinski definition) is 10. The van der Waals surface area contributed by atoms with Crippen LogP contribution in [0.5, 0.6) is 0 Å². The summed E-state index contributed by atoms with van der Waals surface area (Å²) in [6.45, 7) is 0. The van der Waals surface area contributed by atoms with E-state index in [0.29, 0.717) is 0 Å². The number of aromatic nitrogens is 4. The predicted molar refractivity (Wildman–Crippen MR) is 204 cm³/mol. The average Bonchev–Trinajstić information content (AvgIpc) is 3.85. The number of nitrogens with one attached hydrogen (secondary N) is 2. The fourth-order valence-corrected chi connectivity index (χ4v) is 10.3. The molecule has 6 N–H and O–H groups in total. The standard InChI is InChI=1S/C36H22N4O12S4/c41-53(42,43)29-9-1-5-17-21-13-26-34-19(7-3-10-30(34)54(44,45)46)23(38-26)15-28-36-20(8-4-12-32(36)56(50,51)52)24(40-28)16-27-35-18(6-2-11-31(35)55(47,48)49)22(39-27)14-25(37-21)33(17)29/h1-16,37,40H,(H,41,42,43)(H,44,45,46)(H,47,48,49)(H,50,51,52). The van der Waals surface area contributed by atoms with Gasteiger partial charge in [0.1, 0.15) is 19.6 Å². The van der Waals surface area contributed by atoms with Crippen molar-refractivity contribution in [2.45, 2.75) is 19.6 Å². The van der Waals surface area contributed by atoms with E-state index in [9.17, 15) is 51.9 Å². The Labute approximate surface area is 316 Å². The molecule has 0 fully saturated rings. The summed E-state index contributed by atoms with van der Waals surface area (Å²) in [5, 5.41) is 0.377. The van der Waals surface area contributed by atoms with Crippen molar-refractivity contribution in [3.05, 3.63) is 97.1 Å². The van der Waals surface area contributed by atoms with Crippen molar-refractivity contribution in [2.75, 3.05) is 0 Å². The van der Waals surface area contributed by atoms with Crippen LogP contribution in [0.15, 0.2) is 117 Å². The highest BCUT2D eigenvalue weighted by atomic mass is 32.2. The lowest BCUT2D eigenvalue weighted by Gasteiger charge is -2.05. The maximum absolute atomic E-state index is 12.7. The van der Waals surface area contributed by atoms with E-state index in [2.05, 4.69) is 9.97 Å². The van der Waals surface area contributed by atoms with E-state index < -0.39 is 60.1 Å². The maximum atomic E-state index is 12.7. The number of aromatic amines is 2. The zero-order valence-electron chi connectivity index (χ0n) is 27.8. The molecule has 0 saturated carbocycles. The Hall–Kier alpha value is -5.84. The van der Waals surface area contributed by atoms with Gasteiger partial charge < -0.3 is 9.97 Å². The van der Waals surface area contributed by atoms with Gasteiger partial charge in [-0.3, -0.25) is 18.2 Å². The highest BCUT2D eigenvalue weighted by molar-refractivity contribution is 7.86. The summed E-state index contributed by atoms with van der Waals surface area (Å²) < 4.78 is 143. The summed E-state index contributed by atoms with van der Waals surface area (Å²) in [7, 11) is -19.5. The topological polar surface area (TPSA) is 275 Å². The van der Waals surface area contributed by atoms with Crippen molar-refractivity contribution >= 4 is 84.1 Å². The molecule has 0 radical (unpaired) electrons. The van der Waals surface area contributed by atoms with Crippen LogP contribution in [0.25, 0.3) is 88.6 Å². The van der Waals surface area contributed by atoms with Gasteiger partial charge in [0.2, 0.25) is 0 Å². The molecular formula is C36H22N4O12S4. The SMILES string of the molecule is O=S(=O)(O)c1cccc2c1-c1cc3[nH]c(cc4nc(cc5[nH]c(cc-2n1)c1c(S(=O)(=O)O)cccc51)-c1c-4cccc1S(=O)(=O)O)c1c(S(=O)(=O)O)cccc31. The van der Waals surface area contributed by atoms with Gasteiger partial charge in [-0.1, -0.05) is 48.5 Å². The van der Waals surface area contributed by atoms with E-state index in [1.165, 1.54) is 72.8 Å². The molecule has 0 aliphatic carbocycles. The van der Waals surface area contributed by atoms with Crippen molar-refractivity contribution in [2.24, 2.45) is 0 Å². The Morgan fingerprint density at radius 3 is 1.07 bits per heavy atom. The molecule has 8 bridgehead atoms. The van der Waals surface area contributed by atoms with E-state index >= 15 is 0 Å². The molecule has 0 unspecified atom stereocenters. The molecule has 3 aromatic heterocycles. The molecule has 2 aliphatic heterocycles. The lowest BCUT2D eigenvalue weighted by atomic mass is 10.0. The normalized spacial score (nSPS) is 13.2. The van der Waals surface area contributed by atoms with E-state index in [-0.39, 0.29) is 88.6 Å². The van der Waals surface area contributed by atoms with Gasteiger partial charge in [-0.15, -0.1) is 0 Å². The summed E-state index contributed by atoms with van der Waals surface area (Å²) in [6, 6.07) is 21.7. The third-order valence-corrected chi connectivity index (χ3v) is 13.1. The first-order valence-corrected chi connectivity index (χ1v) is 21.8. The molecule has 0 saturated heterocycles. The lowest BCUT2D eigenvalue weighted by molar-refractivity contribution is 0.481. The fraction of sp³-hybridized carbons (Fsp3) is 0. The first-order valence-electron chi connectivity index (χ1n) is 16.1.